The van der Waals surface area contributed by atoms with E-state index in [-0.39, 0.29) is 31.5 Å². The van der Waals surface area contributed by atoms with Gasteiger partial charge in [-0.05, 0) is 42.0 Å². The lowest BCUT2D eigenvalue weighted by molar-refractivity contribution is -0.264. The van der Waals surface area contributed by atoms with E-state index in [0.29, 0.717) is 6.42 Å². The highest BCUT2D eigenvalue weighted by Crippen LogP contribution is 2.35. The summed E-state index contributed by atoms with van der Waals surface area (Å²) in [5, 5.41) is 2.68. The first-order chi connectivity index (χ1) is 17.3. The average Bonchev–Trinajstić information content (AvgIpc) is 3.21. The number of methoxy groups -OCH3 is 1. The van der Waals surface area contributed by atoms with E-state index in [4.69, 9.17) is 24.0 Å². The number of hydrogen-bond donors (Lipinski definition) is 1. The van der Waals surface area contributed by atoms with E-state index in [2.05, 4.69) is 5.32 Å². The van der Waals surface area contributed by atoms with Gasteiger partial charge in [-0.15, -0.1) is 0 Å². The molecule has 3 rings (SSSR count). The molecule has 1 heterocycles. The van der Waals surface area contributed by atoms with Gasteiger partial charge >= 0.3 is 18.0 Å². The van der Waals surface area contributed by atoms with E-state index in [1.165, 1.54) is 0 Å². The Kier molecular flexibility index (Phi) is 9.30. The number of esters is 1. The summed E-state index contributed by atoms with van der Waals surface area (Å²) in [6.07, 6.45) is -0.919. The van der Waals surface area contributed by atoms with Gasteiger partial charge < -0.3 is 19.5 Å². The van der Waals surface area contributed by atoms with Crippen molar-refractivity contribution < 1.29 is 38.4 Å². The number of hydrogen-bond acceptors (Lipinski definition) is 8. The van der Waals surface area contributed by atoms with Gasteiger partial charge in [-0.1, -0.05) is 63.2 Å². The molecule has 0 aromatic heterocycles. The third-order valence-electron chi connectivity index (χ3n) is 6.32. The fourth-order valence-electron chi connectivity index (χ4n) is 4.00. The summed E-state index contributed by atoms with van der Waals surface area (Å²) in [4.78, 5) is 48.0. The van der Waals surface area contributed by atoms with Crippen LogP contribution in [0.4, 0.5) is 4.79 Å². The molecular weight excluding hydrogens is 466 g/mol. The second-order valence-corrected chi connectivity index (χ2v) is 9.10. The van der Waals surface area contributed by atoms with Crippen molar-refractivity contribution in [2.75, 3.05) is 7.11 Å². The van der Waals surface area contributed by atoms with Crippen molar-refractivity contribution in [1.82, 2.24) is 5.32 Å². The van der Waals surface area contributed by atoms with Crippen LogP contribution in [0.15, 0.2) is 54.6 Å². The van der Waals surface area contributed by atoms with Gasteiger partial charge in [0.25, 0.3) is 0 Å². The summed E-state index contributed by atoms with van der Waals surface area (Å²) in [6.45, 7) is 5.50. The van der Waals surface area contributed by atoms with Crippen LogP contribution >= 0.6 is 0 Å². The minimum atomic E-state index is -1.44. The van der Waals surface area contributed by atoms with Crippen LogP contribution in [0.2, 0.25) is 0 Å². The molecule has 1 fully saturated rings. The molecule has 0 spiro atoms. The van der Waals surface area contributed by atoms with Gasteiger partial charge in [0, 0.05) is 0 Å². The Morgan fingerprint density at radius 3 is 2.25 bits per heavy atom. The van der Waals surface area contributed by atoms with Gasteiger partial charge in [0.2, 0.25) is 0 Å². The van der Waals surface area contributed by atoms with Crippen LogP contribution in [-0.2, 0) is 42.1 Å². The molecule has 1 N–H and O–H groups in total. The molecule has 1 saturated heterocycles. The lowest BCUT2D eigenvalue weighted by Gasteiger charge is -2.33. The maximum Gasteiger partial charge on any atom is 0.408 e. The highest BCUT2D eigenvalue weighted by Gasteiger charge is 2.58. The number of carbonyl (C=O) groups excluding carboxylic acids is 3. The Labute approximate surface area is 210 Å². The fourth-order valence-corrected chi connectivity index (χ4v) is 4.00. The summed E-state index contributed by atoms with van der Waals surface area (Å²) in [5.74, 6) is -1.18. The predicted molar refractivity (Wildman–Crippen MR) is 129 cm³/mol. The number of amides is 1. The normalized spacial score (nSPS) is 19.9. The summed E-state index contributed by atoms with van der Waals surface area (Å²) >= 11 is 0. The number of benzene rings is 2. The first kappa shape index (κ1) is 27.0. The maximum atomic E-state index is 12.7. The molecule has 1 amide bonds. The zero-order chi connectivity index (χ0) is 26.1. The largest absolute Gasteiger partial charge is 0.497 e. The number of alkyl carbamates (subject to hydrolysis) is 1. The average molecular weight is 500 g/mol. The standard InChI is InChI=1S/C27H33NO8/c1-18(2)27(28-26(31)34-17-20-8-6-5-7-9-20)23(35-36-25(27)30)15-10-19(3)24(29)33-16-21-11-13-22(32-4)14-12-21/h5-9,11-14,18-19,23H,10,15-17H2,1-4H3,(H,28,31)/t19?,23?,27-/m1/s1. The van der Waals surface area contributed by atoms with Crippen molar-refractivity contribution in [2.24, 2.45) is 11.8 Å². The van der Waals surface area contributed by atoms with E-state index in [0.717, 1.165) is 16.9 Å². The van der Waals surface area contributed by atoms with Crippen molar-refractivity contribution >= 4 is 18.0 Å². The van der Waals surface area contributed by atoms with Crippen molar-refractivity contribution in [2.45, 2.75) is 58.5 Å². The molecule has 2 unspecified atom stereocenters. The van der Waals surface area contributed by atoms with E-state index in [1.807, 2.05) is 42.5 Å². The highest BCUT2D eigenvalue weighted by molar-refractivity contribution is 5.87. The Bertz CT molecular complexity index is 1020. The zero-order valence-corrected chi connectivity index (χ0v) is 21.0. The predicted octanol–water partition coefficient (Wildman–Crippen LogP) is 4.33. The van der Waals surface area contributed by atoms with E-state index in [9.17, 15) is 14.4 Å². The second-order valence-electron chi connectivity index (χ2n) is 9.10. The van der Waals surface area contributed by atoms with Crippen LogP contribution in [0, 0.1) is 11.8 Å². The van der Waals surface area contributed by atoms with Crippen LogP contribution in [0.1, 0.15) is 44.7 Å². The van der Waals surface area contributed by atoms with Gasteiger partial charge in [-0.2, -0.15) is 4.89 Å². The molecule has 1 aliphatic rings. The topological polar surface area (TPSA) is 109 Å². The molecule has 2 aromatic carbocycles. The van der Waals surface area contributed by atoms with Crippen LogP contribution < -0.4 is 10.1 Å². The molecule has 194 valence electrons. The zero-order valence-electron chi connectivity index (χ0n) is 21.0. The third kappa shape index (κ3) is 6.54. The quantitative estimate of drug-likeness (QED) is 0.359. The van der Waals surface area contributed by atoms with E-state index < -0.39 is 29.6 Å². The van der Waals surface area contributed by atoms with E-state index in [1.54, 1.807) is 40.0 Å². The van der Waals surface area contributed by atoms with Crippen molar-refractivity contribution in [3.8, 4) is 5.75 Å². The number of ether oxygens (including phenoxy) is 3. The Hall–Kier alpha value is -3.59. The molecule has 3 atom stereocenters. The highest BCUT2D eigenvalue weighted by atomic mass is 17.2. The lowest BCUT2D eigenvalue weighted by Crippen LogP contribution is -2.62. The number of carbonyl (C=O) groups is 3. The van der Waals surface area contributed by atoms with Gasteiger partial charge in [-0.3, -0.25) is 9.68 Å². The molecular formula is C27H33NO8. The van der Waals surface area contributed by atoms with Gasteiger partial charge in [0.1, 0.15) is 25.1 Å². The van der Waals surface area contributed by atoms with Gasteiger partial charge in [-0.25, -0.2) is 9.59 Å². The Balaban J connectivity index is 1.56. The SMILES string of the molecule is COc1ccc(COC(=O)C(C)CCC2OOC(=O)[C@@]2(NC(=O)OCc2ccccc2)C(C)C)cc1. The molecule has 1 aliphatic heterocycles. The monoisotopic (exact) mass is 499 g/mol. The van der Waals surface area contributed by atoms with Crippen LogP contribution in [0.25, 0.3) is 0 Å². The summed E-state index contributed by atoms with van der Waals surface area (Å²) in [6, 6.07) is 16.4. The minimum Gasteiger partial charge on any atom is -0.497 e. The Morgan fingerprint density at radius 2 is 1.61 bits per heavy atom. The number of nitrogens with one attached hydrogen (secondary N) is 1. The van der Waals surface area contributed by atoms with Crippen LogP contribution in [-0.4, -0.2) is 36.8 Å². The van der Waals surface area contributed by atoms with Crippen molar-refractivity contribution in [3.63, 3.8) is 0 Å². The molecule has 0 radical (unpaired) electrons. The third-order valence-corrected chi connectivity index (χ3v) is 6.32. The molecule has 0 aliphatic carbocycles. The second kappa shape index (κ2) is 12.4. The lowest BCUT2D eigenvalue weighted by atomic mass is 9.79. The number of rotatable bonds is 11. The minimum absolute atomic E-state index is 0.0541. The smallest absolute Gasteiger partial charge is 0.408 e. The summed E-state index contributed by atoms with van der Waals surface area (Å²) in [5.41, 5.74) is 0.210. The van der Waals surface area contributed by atoms with Crippen molar-refractivity contribution in [3.05, 3.63) is 65.7 Å². The molecule has 0 bridgehead atoms. The maximum absolute atomic E-state index is 12.7. The molecule has 0 saturated carbocycles. The molecule has 9 nitrogen and oxygen atoms in total. The van der Waals surface area contributed by atoms with Gasteiger partial charge in [0.05, 0.1) is 13.0 Å². The van der Waals surface area contributed by atoms with Crippen LogP contribution in [0.3, 0.4) is 0 Å². The van der Waals surface area contributed by atoms with Crippen LogP contribution in [0.5, 0.6) is 5.75 Å². The van der Waals surface area contributed by atoms with Crippen molar-refractivity contribution in [1.29, 1.82) is 0 Å². The fraction of sp³-hybridized carbons (Fsp3) is 0.444. The first-order valence-electron chi connectivity index (χ1n) is 11.9. The summed E-state index contributed by atoms with van der Waals surface area (Å²) in [7, 11) is 1.58. The molecule has 36 heavy (non-hydrogen) atoms. The Morgan fingerprint density at radius 1 is 0.972 bits per heavy atom. The first-order valence-corrected chi connectivity index (χ1v) is 11.9. The van der Waals surface area contributed by atoms with E-state index >= 15 is 0 Å². The summed E-state index contributed by atoms with van der Waals surface area (Å²) < 4.78 is 15.9. The molecule has 9 heteroatoms. The molecule has 2 aromatic rings. The van der Waals surface area contributed by atoms with Gasteiger partial charge in [0.15, 0.2) is 5.54 Å².